The fourth-order valence-corrected chi connectivity index (χ4v) is 2.30. The number of nitrogens with one attached hydrogen (secondary N) is 2. The maximum Gasteiger partial charge on any atom is 0.254 e. The fourth-order valence-electron chi connectivity index (χ4n) is 2.30. The Morgan fingerprint density at radius 2 is 1.65 bits per heavy atom. The second kappa shape index (κ2) is 8.11. The number of benzene rings is 2. The van der Waals surface area contributed by atoms with Crippen molar-refractivity contribution in [1.82, 2.24) is 15.3 Å². The van der Waals surface area contributed by atoms with Crippen molar-refractivity contribution in [3.63, 3.8) is 0 Å². The van der Waals surface area contributed by atoms with E-state index >= 15 is 0 Å². The first-order chi connectivity index (χ1) is 12.6. The number of rotatable bonds is 6. The van der Waals surface area contributed by atoms with Gasteiger partial charge in [0, 0.05) is 24.6 Å². The van der Waals surface area contributed by atoms with Crippen molar-refractivity contribution in [1.29, 1.82) is 0 Å². The molecular weight excluding hydrogens is 328 g/mol. The van der Waals surface area contributed by atoms with Crippen LogP contribution in [0.1, 0.15) is 21.5 Å². The Morgan fingerprint density at radius 3 is 2.27 bits per heavy atom. The van der Waals surface area contributed by atoms with Gasteiger partial charge in [-0.05, 0) is 36.8 Å². The summed E-state index contributed by atoms with van der Waals surface area (Å²) in [7, 11) is 1.62. The van der Waals surface area contributed by atoms with Crippen molar-refractivity contribution >= 4 is 17.5 Å². The highest BCUT2D eigenvalue weighted by Gasteiger charge is 2.07. The molecule has 0 bridgehead atoms. The Labute approximate surface area is 152 Å². The molecule has 6 heteroatoms. The third kappa shape index (κ3) is 4.57. The van der Waals surface area contributed by atoms with E-state index in [1.165, 1.54) is 18.0 Å². The number of hydrogen-bond donors (Lipinski definition) is 2. The summed E-state index contributed by atoms with van der Waals surface area (Å²) in [6.45, 7) is 2.49. The first kappa shape index (κ1) is 17.4. The summed E-state index contributed by atoms with van der Waals surface area (Å²) >= 11 is 0. The van der Waals surface area contributed by atoms with Gasteiger partial charge in [-0.3, -0.25) is 4.79 Å². The lowest BCUT2D eigenvalue weighted by Gasteiger charge is -2.07. The predicted molar refractivity (Wildman–Crippen MR) is 101 cm³/mol. The lowest BCUT2D eigenvalue weighted by atomic mass is 10.1. The highest BCUT2D eigenvalue weighted by Crippen LogP contribution is 2.17. The molecule has 132 valence electrons. The average Bonchev–Trinajstić information content (AvgIpc) is 2.68. The second-order valence-corrected chi connectivity index (χ2v) is 5.82. The number of amides is 1. The molecule has 0 radical (unpaired) electrons. The van der Waals surface area contributed by atoms with Gasteiger partial charge in [-0.15, -0.1) is 0 Å². The normalized spacial score (nSPS) is 10.2. The molecule has 3 aromatic rings. The molecule has 0 saturated heterocycles. The maximum absolute atomic E-state index is 12.2. The van der Waals surface area contributed by atoms with Crippen molar-refractivity contribution in [3.8, 4) is 5.75 Å². The van der Waals surface area contributed by atoms with Gasteiger partial charge in [0.15, 0.2) is 0 Å². The molecular formula is C20H20N4O2. The van der Waals surface area contributed by atoms with E-state index < -0.39 is 0 Å². The summed E-state index contributed by atoms with van der Waals surface area (Å²) < 4.78 is 5.12. The smallest absolute Gasteiger partial charge is 0.254 e. The van der Waals surface area contributed by atoms with Gasteiger partial charge in [-0.2, -0.15) is 0 Å². The lowest BCUT2D eigenvalue weighted by molar-refractivity contribution is 0.0950. The van der Waals surface area contributed by atoms with Crippen LogP contribution in [0.5, 0.6) is 5.75 Å². The minimum atomic E-state index is -0.207. The van der Waals surface area contributed by atoms with Crippen LogP contribution in [-0.4, -0.2) is 23.0 Å². The molecule has 0 spiro atoms. The third-order valence-electron chi connectivity index (χ3n) is 3.83. The Balaban J connectivity index is 1.57. The summed E-state index contributed by atoms with van der Waals surface area (Å²) in [5, 5.41) is 5.94. The van der Waals surface area contributed by atoms with E-state index in [0.29, 0.717) is 18.1 Å². The molecule has 0 unspecified atom stereocenters. The van der Waals surface area contributed by atoms with Crippen LogP contribution in [0.25, 0.3) is 0 Å². The minimum Gasteiger partial charge on any atom is -0.497 e. The zero-order chi connectivity index (χ0) is 18.4. The summed E-state index contributed by atoms with van der Waals surface area (Å²) in [6.07, 6.45) is 3.01. The van der Waals surface area contributed by atoms with E-state index in [1.54, 1.807) is 7.11 Å². The number of methoxy groups -OCH3 is 1. The van der Waals surface area contributed by atoms with Crippen molar-refractivity contribution in [2.24, 2.45) is 0 Å². The van der Waals surface area contributed by atoms with Crippen LogP contribution < -0.4 is 15.4 Å². The van der Waals surface area contributed by atoms with Crippen molar-refractivity contribution in [3.05, 3.63) is 77.6 Å². The van der Waals surface area contributed by atoms with Crippen LogP contribution >= 0.6 is 0 Å². The summed E-state index contributed by atoms with van der Waals surface area (Å²) in [5.41, 5.74) is 3.48. The van der Waals surface area contributed by atoms with E-state index in [9.17, 15) is 4.79 Å². The largest absolute Gasteiger partial charge is 0.497 e. The monoisotopic (exact) mass is 348 g/mol. The van der Waals surface area contributed by atoms with Crippen LogP contribution in [0, 0.1) is 6.92 Å². The number of carbonyl (C=O) groups excluding carboxylic acids is 1. The fraction of sp³-hybridized carbons (Fsp3) is 0.150. The zero-order valence-corrected chi connectivity index (χ0v) is 14.7. The van der Waals surface area contributed by atoms with E-state index in [1.807, 2.05) is 55.5 Å². The molecule has 3 rings (SSSR count). The predicted octanol–water partition coefficient (Wildman–Crippen LogP) is 3.47. The summed E-state index contributed by atoms with van der Waals surface area (Å²) in [4.78, 5) is 20.6. The van der Waals surface area contributed by atoms with Crippen molar-refractivity contribution in [2.45, 2.75) is 13.5 Å². The molecule has 0 aliphatic heterocycles. The van der Waals surface area contributed by atoms with Gasteiger partial charge in [0.2, 0.25) is 5.95 Å². The Hall–Kier alpha value is -3.41. The number of aryl methyl sites for hydroxylation is 1. The summed E-state index contributed by atoms with van der Waals surface area (Å²) in [5.74, 6) is 0.990. The molecule has 6 nitrogen and oxygen atoms in total. The molecule has 0 saturated carbocycles. The number of hydrogen-bond acceptors (Lipinski definition) is 5. The Kier molecular flexibility index (Phi) is 5.43. The topological polar surface area (TPSA) is 76.1 Å². The number of carbonyl (C=O) groups is 1. The Bertz CT molecular complexity index is 860. The molecule has 2 N–H and O–H groups in total. The van der Waals surface area contributed by atoms with Gasteiger partial charge in [0.05, 0.1) is 12.7 Å². The van der Waals surface area contributed by atoms with Gasteiger partial charge in [0.1, 0.15) is 5.75 Å². The van der Waals surface area contributed by atoms with Crippen molar-refractivity contribution in [2.75, 3.05) is 12.4 Å². The molecule has 26 heavy (non-hydrogen) atoms. The molecule has 2 aromatic carbocycles. The van der Waals surface area contributed by atoms with E-state index in [4.69, 9.17) is 4.74 Å². The summed E-state index contributed by atoms with van der Waals surface area (Å²) in [6, 6.07) is 15.4. The minimum absolute atomic E-state index is 0.207. The second-order valence-electron chi connectivity index (χ2n) is 5.82. The first-order valence-corrected chi connectivity index (χ1v) is 8.21. The number of anilines is 2. The number of nitrogens with zero attached hydrogens (tertiary/aromatic N) is 2. The number of ether oxygens (including phenoxy) is 1. The number of aromatic nitrogens is 2. The molecule has 1 amide bonds. The van der Waals surface area contributed by atoms with Gasteiger partial charge < -0.3 is 15.4 Å². The average molecular weight is 348 g/mol. The Morgan fingerprint density at radius 1 is 1.00 bits per heavy atom. The standard InChI is InChI=1S/C20H20N4O2/c1-14-3-5-15(6-4-14)11-21-19(25)16-12-22-20(23-13-16)24-17-7-9-18(26-2)10-8-17/h3-10,12-13H,11H2,1-2H3,(H,21,25)(H,22,23,24). The third-order valence-corrected chi connectivity index (χ3v) is 3.83. The SMILES string of the molecule is COc1ccc(Nc2ncc(C(=O)NCc3ccc(C)cc3)cn2)cc1. The molecule has 0 aliphatic rings. The molecule has 1 aromatic heterocycles. The highest BCUT2D eigenvalue weighted by atomic mass is 16.5. The van der Waals surface area contributed by atoms with Gasteiger partial charge >= 0.3 is 0 Å². The molecule has 0 aliphatic carbocycles. The molecule has 0 atom stereocenters. The van der Waals surface area contributed by atoms with E-state index in [0.717, 1.165) is 17.0 Å². The zero-order valence-electron chi connectivity index (χ0n) is 14.7. The van der Waals surface area contributed by atoms with Gasteiger partial charge in [-0.25, -0.2) is 9.97 Å². The van der Waals surface area contributed by atoms with Crippen LogP contribution in [0.3, 0.4) is 0 Å². The molecule has 1 heterocycles. The van der Waals surface area contributed by atoms with Gasteiger partial charge in [-0.1, -0.05) is 29.8 Å². The van der Waals surface area contributed by atoms with Crippen LogP contribution in [0.15, 0.2) is 60.9 Å². The van der Waals surface area contributed by atoms with E-state index in [-0.39, 0.29) is 5.91 Å². The highest BCUT2D eigenvalue weighted by molar-refractivity contribution is 5.93. The quantitative estimate of drug-likeness (QED) is 0.713. The van der Waals surface area contributed by atoms with Crippen LogP contribution in [-0.2, 0) is 6.54 Å². The molecule has 0 fully saturated rings. The van der Waals surface area contributed by atoms with Crippen molar-refractivity contribution < 1.29 is 9.53 Å². The first-order valence-electron chi connectivity index (χ1n) is 8.21. The van der Waals surface area contributed by atoms with E-state index in [2.05, 4.69) is 20.6 Å². The lowest BCUT2D eigenvalue weighted by Crippen LogP contribution is -2.23. The van der Waals surface area contributed by atoms with Crippen LogP contribution in [0.2, 0.25) is 0 Å². The maximum atomic E-state index is 12.2. The van der Waals surface area contributed by atoms with Gasteiger partial charge in [0.25, 0.3) is 5.91 Å². The van der Waals surface area contributed by atoms with Crippen LogP contribution in [0.4, 0.5) is 11.6 Å².